The highest BCUT2D eigenvalue weighted by Gasteiger charge is 2.26. The van der Waals surface area contributed by atoms with Crippen molar-refractivity contribution in [3.63, 3.8) is 0 Å². The maximum absolute atomic E-state index is 12.7. The van der Waals surface area contributed by atoms with Gasteiger partial charge in [-0.2, -0.15) is 0 Å². The molecule has 0 N–H and O–H groups in total. The fraction of sp³-hybridized carbons (Fsp3) is 0.450. The molecule has 6 nitrogen and oxygen atoms in total. The Morgan fingerprint density at radius 3 is 2.41 bits per heavy atom. The summed E-state index contributed by atoms with van der Waals surface area (Å²) in [7, 11) is -2.96. The van der Waals surface area contributed by atoms with Crippen LogP contribution in [0.15, 0.2) is 42.5 Å². The molecule has 0 radical (unpaired) electrons. The number of ether oxygens (including phenoxy) is 1. The van der Waals surface area contributed by atoms with Crippen LogP contribution in [0.2, 0.25) is 0 Å². The molecule has 2 aromatic rings. The summed E-state index contributed by atoms with van der Waals surface area (Å²) in [5.41, 5.74) is 0. The van der Waals surface area contributed by atoms with Crippen LogP contribution in [0.1, 0.15) is 6.92 Å². The Labute approximate surface area is 160 Å². The molecule has 0 aliphatic carbocycles. The molecule has 1 heterocycles. The number of hydrogen-bond donors (Lipinski definition) is 0. The number of rotatable bonds is 6. The lowest BCUT2D eigenvalue weighted by molar-refractivity contribution is -0.139. The van der Waals surface area contributed by atoms with Gasteiger partial charge in [-0.1, -0.05) is 30.3 Å². The van der Waals surface area contributed by atoms with Gasteiger partial charge >= 0.3 is 0 Å². The average molecular weight is 391 g/mol. The number of sulfone groups is 1. The van der Waals surface area contributed by atoms with Gasteiger partial charge in [0.1, 0.15) is 15.6 Å². The fourth-order valence-corrected chi connectivity index (χ4v) is 3.83. The molecule has 2 aromatic carbocycles. The molecule has 0 saturated carbocycles. The maximum atomic E-state index is 12.7. The maximum Gasteiger partial charge on any atom is 0.263 e. The summed E-state index contributed by atoms with van der Waals surface area (Å²) in [5, 5.41) is 2.21. The van der Waals surface area contributed by atoms with E-state index in [1.807, 2.05) is 42.5 Å². The number of fused-ring (bicyclic) bond motifs is 1. The van der Waals surface area contributed by atoms with Gasteiger partial charge in [-0.05, 0) is 29.8 Å². The second-order valence-electron chi connectivity index (χ2n) is 7.07. The average Bonchev–Trinajstić information content (AvgIpc) is 2.65. The molecule has 1 aliphatic rings. The van der Waals surface area contributed by atoms with Gasteiger partial charge in [-0.3, -0.25) is 9.69 Å². The van der Waals surface area contributed by atoms with E-state index in [4.69, 9.17) is 4.74 Å². The van der Waals surface area contributed by atoms with Crippen molar-refractivity contribution in [2.24, 2.45) is 0 Å². The third-order valence-corrected chi connectivity index (χ3v) is 5.77. The van der Waals surface area contributed by atoms with Gasteiger partial charge in [0.15, 0.2) is 6.10 Å². The van der Waals surface area contributed by atoms with E-state index in [0.717, 1.165) is 10.8 Å². The Balaban J connectivity index is 1.53. The standard InChI is InChI=1S/C20H26N2O4S/c1-16(26-19-8-7-17-5-3-4-6-18(17)15-19)20(23)22-11-9-21(10-12-22)13-14-27(2,24)25/h3-8,15-16H,9-14H2,1-2H3. The van der Waals surface area contributed by atoms with E-state index in [9.17, 15) is 13.2 Å². The highest BCUT2D eigenvalue weighted by molar-refractivity contribution is 7.90. The predicted molar refractivity (Wildman–Crippen MR) is 107 cm³/mol. The van der Waals surface area contributed by atoms with E-state index in [0.29, 0.717) is 38.5 Å². The molecule has 0 spiro atoms. The molecule has 1 saturated heterocycles. The third kappa shape index (κ3) is 5.43. The Bertz CT molecular complexity index is 905. The van der Waals surface area contributed by atoms with E-state index in [-0.39, 0.29) is 11.7 Å². The zero-order chi connectivity index (χ0) is 19.4. The number of carbonyl (C=O) groups excluding carboxylic acids is 1. The molecule has 0 bridgehead atoms. The third-order valence-electron chi connectivity index (χ3n) is 4.84. The SMILES string of the molecule is CC(Oc1ccc2ccccc2c1)C(=O)N1CCN(CCS(C)(=O)=O)CC1. The normalized spacial score (nSPS) is 17.0. The minimum absolute atomic E-state index is 0.0362. The van der Waals surface area contributed by atoms with Crippen molar-refractivity contribution in [2.75, 3.05) is 44.7 Å². The van der Waals surface area contributed by atoms with Crippen LogP contribution in [0.25, 0.3) is 10.8 Å². The van der Waals surface area contributed by atoms with Crippen molar-refractivity contribution < 1.29 is 17.9 Å². The van der Waals surface area contributed by atoms with Crippen molar-refractivity contribution in [1.82, 2.24) is 9.80 Å². The number of hydrogen-bond acceptors (Lipinski definition) is 5. The van der Waals surface area contributed by atoms with E-state index in [1.54, 1.807) is 11.8 Å². The van der Waals surface area contributed by atoms with Crippen LogP contribution in [0.4, 0.5) is 0 Å². The van der Waals surface area contributed by atoms with Crippen LogP contribution in [0.3, 0.4) is 0 Å². The Morgan fingerprint density at radius 2 is 1.74 bits per heavy atom. The first-order valence-corrected chi connectivity index (χ1v) is 11.2. The number of nitrogens with zero attached hydrogens (tertiary/aromatic N) is 2. The van der Waals surface area contributed by atoms with Crippen LogP contribution in [0.5, 0.6) is 5.75 Å². The fourth-order valence-electron chi connectivity index (χ4n) is 3.24. The topological polar surface area (TPSA) is 66.9 Å². The quantitative estimate of drug-likeness (QED) is 0.752. The summed E-state index contributed by atoms with van der Waals surface area (Å²) in [4.78, 5) is 16.6. The molecular formula is C20H26N2O4S. The van der Waals surface area contributed by atoms with Gasteiger partial charge < -0.3 is 9.64 Å². The largest absolute Gasteiger partial charge is 0.481 e. The van der Waals surface area contributed by atoms with Gasteiger partial charge in [0.2, 0.25) is 0 Å². The summed E-state index contributed by atoms with van der Waals surface area (Å²) in [6.07, 6.45) is 0.687. The van der Waals surface area contributed by atoms with E-state index in [2.05, 4.69) is 4.90 Å². The highest BCUT2D eigenvalue weighted by atomic mass is 32.2. The lowest BCUT2D eigenvalue weighted by Gasteiger charge is -2.35. The summed E-state index contributed by atoms with van der Waals surface area (Å²) >= 11 is 0. The van der Waals surface area contributed by atoms with Gasteiger partial charge in [0.25, 0.3) is 5.91 Å². The van der Waals surface area contributed by atoms with Crippen molar-refractivity contribution in [3.05, 3.63) is 42.5 Å². The minimum atomic E-state index is -2.96. The Morgan fingerprint density at radius 1 is 1.07 bits per heavy atom. The van der Waals surface area contributed by atoms with Gasteiger partial charge in [-0.25, -0.2) is 8.42 Å². The molecular weight excluding hydrogens is 364 g/mol. The number of carbonyl (C=O) groups is 1. The summed E-state index contributed by atoms with van der Waals surface area (Å²) in [6, 6.07) is 13.8. The molecule has 0 aromatic heterocycles. The molecule has 1 amide bonds. The molecule has 3 rings (SSSR count). The molecule has 1 unspecified atom stereocenters. The summed E-state index contributed by atoms with van der Waals surface area (Å²) in [6.45, 7) is 4.84. The van der Waals surface area contributed by atoms with Crippen molar-refractivity contribution >= 4 is 26.5 Å². The Hall–Kier alpha value is -2.12. The second kappa shape index (κ2) is 8.27. The van der Waals surface area contributed by atoms with E-state index >= 15 is 0 Å². The van der Waals surface area contributed by atoms with Gasteiger partial charge in [-0.15, -0.1) is 0 Å². The predicted octanol–water partition coefficient (Wildman–Crippen LogP) is 1.80. The number of benzene rings is 2. The number of piperazine rings is 1. The van der Waals surface area contributed by atoms with Crippen molar-refractivity contribution in [2.45, 2.75) is 13.0 Å². The van der Waals surface area contributed by atoms with Gasteiger partial charge in [0, 0.05) is 39.0 Å². The van der Waals surface area contributed by atoms with Crippen LogP contribution < -0.4 is 4.74 Å². The van der Waals surface area contributed by atoms with Gasteiger partial charge in [0.05, 0.1) is 5.75 Å². The molecule has 27 heavy (non-hydrogen) atoms. The van der Waals surface area contributed by atoms with Crippen molar-refractivity contribution in [1.29, 1.82) is 0 Å². The lowest BCUT2D eigenvalue weighted by Crippen LogP contribution is -2.52. The number of amides is 1. The van der Waals surface area contributed by atoms with Crippen LogP contribution in [0, 0.1) is 0 Å². The summed E-state index contributed by atoms with van der Waals surface area (Å²) in [5.74, 6) is 0.801. The first-order valence-electron chi connectivity index (χ1n) is 9.16. The zero-order valence-electron chi connectivity index (χ0n) is 15.8. The highest BCUT2D eigenvalue weighted by Crippen LogP contribution is 2.22. The van der Waals surface area contributed by atoms with E-state index in [1.165, 1.54) is 6.26 Å². The summed E-state index contributed by atoms with van der Waals surface area (Å²) < 4.78 is 28.4. The molecule has 1 aliphatic heterocycles. The van der Waals surface area contributed by atoms with Crippen molar-refractivity contribution in [3.8, 4) is 5.75 Å². The molecule has 1 fully saturated rings. The minimum Gasteiger partial charge on any atom is -0.481 e. The second-order valence-corrected chi connectivity index (χ2v) is 9.33. The zero-order valence-corrected chi connectivity index (χ0v) is 16.6. The first kappa shape index (κ1) is 19.6. The molecule has 1 atom stereocenters. The van der Waals surface area contributed by atoms with E-state index < -0.39 is 15.9 Å². The molecule has 146 valence electrons. The first-order chi connectivity index (χ1) is 12.8. The monoisotopic (exact) mass is 390 g/mol. The Kier molecular flexibility index (Phi) is 6.01. The van der Waals surface area contributed by atoms with Crippen LogP contribution in [-0.4, -0.2) is 75.0 Å². The smallest absolute Gasteiger partial charge is 0.263 e. The van der Waals surface area contributed by atoms with Crippen LogP contribution in [-0.2, 0) is 14.6 Å². The lowest BCUT2D eigenvalue weighted by atomic mass is 10.1. The van der Waals surface area contributed by atoms with Crippen LogP contribution >= 0.6 is 0 Å². The molecule has 7 heteroatoms.